The highest BCUT2D eigenvalue weighted by Crippen LogP contribution is 2.30. The quantitative estimate of drug-likeness (QED) is 0.0310. The number of carbonyl (C=O) groups is 2. The number of hydrogen-bond donors (Lipinski definition) is 3. The topological polar surface area (TPSA) is 94.8 Å². The fourth-order valence-corrected chi connectivity index (χ4v) is 6.36. The molecule has 0 bridgehead atoms. The normalized spacial score (nSPS) is 14.3. The van der Waals surface area contributed by atoms with Crippen LogP contribution in [0.5, 0.6) is 0 Å². The first kappa shape index (κ1) is 40.4. The molecule has 0 saturated heterocycles. The molecule has 0 aromatic heterocycles. The maximum atomic E-state index is 13.0. The molecule has 6 heteroatoms. The second kappa shape index (κ2) is 30.8. The molecule has 5 nitrogen and oxygen atoms in total. The Balaban J connectivity index is 4.26. The molecule has 3 N–H and O–H groups in total. The number of aliphatic hydroxyl groups excluding tert-OH is 3. The second-order valence-electron chi connectivity index (χ2n) is 12.0. The van der Waals surface area contributed by atoms with E-state index >= 15 is 0 Å². The number of allylic oxidation sites excluding steroid dienone is 2. The number of aliphatic hydroxyl groups is 3. The SMILES string of the molecule is CCCCCCCCC=CCCCCCCC(C(=O)CCCCCCCCCCCCC)C(=O)PC(O)C(O)CO. The number of Topliss-reactive ketones (excluding diaryl/α,β-unsaturated/α-hetero) is 1. The third-order valence-electron chi connectivity index (χ3n) is 8.08. The fraction of sp³-hybridized carbons (Fsp3) is 0.886. The molecule has 0 fully saturated rings. The fourth-order valence-electron chi connectivity index (χ4n) is 5.26. The van der Waals surface area contributed by atoms with Gasteiger partial charge in [0.15, 0.2) is 5.52 Å². The van der Waals surface area contributed by atoms with Crippen molar-refractivity contribution in [2.75, 3.05) is 6.61 Å². The zero-order valence-electron chi connectivity index (χ0n) is 26.9. The Morgan fingerprint density at radius 2 is 1.02 bits per heavy atom. The van der Waals surface area contributed by atoms with Crippen LogP contribution in [0, 0.1) is 5.92 Å². The molecule has 0 spiro atoms. The molecule has 0 heterocycles. The molecular weight excluding hydrogens is 531 g/mol. The van der Waals surface area contributed by atoms with Gasteiger partial charge in [0.1, 0.15) is 17.7 Å². The lowest BCUT2D eigenvalue weighted by Crippen LogP contribution is -2.29. The van der Waals surface area contributed by atoms with E-state index in [4.69, 9.17) is 5.11 Å². The Morgan fingerprint density at radius 3 is 1.49 bits per heavy atom. The van der Waals surface area contributed by atoms with Crippen LogP contribution in [0.2, 0.25) is 0 Å². The van der Waals surface area contributed by atoms with Crippen molar-refractivity contribution in [3.63, 3.8) is 0 Å². The average Bonchev–Trinajstić information content (AvgIpc) is 2.97. The highest BCUT2D eigenvalue weighted by atomic mass is 31.1. The minimum absolute atomic E-state index is 0.0123. The number of hydrogen-bond acceptors (Lipinski definition) is 5. The van der Waals surface area contributed by atoms with Crippen LogP contribution in [-0.4, -0.2) is 45.2 Å². The molecule has 0 radical (unpaired) electrons. The van der Waals surface area contributed by atoms with Crippen molar-refractivity contribution in [1.82, 2.24) is 0 Å². The maximum absolute atomic E-state index is 13.0. The van der Waals surface area contributed by atoms with E-state index < -0.39 is 33.1 Å². The van der Waals surface area contributed by atoms with Gasteiger partial charge in [-0.05, 0) is 47.1 Å². The Kier molecular flexibility index (Phi) is 30.4. The Labute approximate surface area is 255 Å². The van der Waals surface area contributed by atoms with Crippen LogP contribution in [0.4, 0.5) is 0 Å². The van der Waals surface area contributed by atoms with Crippen LogP contribution < -0.4 is 0 Å². The van der Waals surface area contributed by atoms with E-state index in [1.807, 2.05) is 0 Å². The monoisotopic (exact) mass is 598 g/mol. The lowest BCUT2D eigenvalue weighted by Gasteiger charge is -2.19. The predicted octanol–water partition coefficient (Wildman–Crippen LogP) is 9.40. The van der Waals surface area contributed by atoms with Crippen molar-refractivity contribution in [1.29, 1.82) is 0 Å². The van der Waals surface area contributed by atoms with Crippen LogP contribution in [0.1, 0.15) is 174 Å². The van der Waals surface area contributed by atoms with Gasteiger partial charge in [0.25, 0.3) is 0 Å². The molecule has 242 valence electrons. The van der Waals surface area contributed by atoms with Gasteiger partial charge in [-0.15, -0.1) is 0 Å². The molecule has 0 aromatic rings. The number of unbranched alkanes of at least 4 members (excludes halogenated alkanes) is 20. The smallest absolute Gasteiger partial charge is 0.164 e. The van der Waals surface area contributed by atoms with E-state index in [0.29, 0.717) is 12.8 Å². The largest absolute Gasteiger partial charge is 0.394 e. The van der Waals surface area contributed by atoms with Gasteiger partial charge in [-0.2, -0.15) is 0 Å². The van der Waals surface area contributed by atoms with E-state index in [1.54, 1.807) is 0 Å². The van der Waals surface area contributed by atoms with E-state index in [-0.39, 0.29) is 11.3 Å². The molecule has 4 unspecified atom stereocenters. The van der Waals surface area contributed by atoms with Gasteiger partial charge >= 0.3 is 0 Å². The van der Waals surface area contributed by atoms with E-state index in [2.05, 4.69) is 26.0 Å². The van der Waals surface area contributed by atoms with Gasteiger partial charge in [0, 0.05) is 6.42 Å². The van der Waals surface area contributed by atoms with Crippen LogP contribution >= 0.6 is 8.58 Å². The zero-order valence-corrected chi connectivity index (χ0v) is 27.9. The molecule has 0 aliphatic rings. The van der Waals surface area contributed by atoms with Crippen molar-refractivity contribution in [2.45, 2.75) is 186 Å². The summed E-state index contributed by atoms with van der Waals surface area (Å²) in [7, 11) is -0.568. The number of carbonyl (C=O) groups excluding carboxylic acids is 2. The third-order valence-corrected chi connectivity index (χ3v) is 9.39. The number of rotatable bonds is 32. The summed E-state index contributed by atoms with van der Waals surface area (Å²) >= 11 is 0. The van der Waals surface area contributed by atoms with E-state index in [9.17, 15) is 19.8 Å². The summed E-state index contributed by atoms with van der Waals surface area (Å²) in [6.45, 7) is 3.90. The van der Waals surface area contributed by atoms with Crippen LogP contribution in [0.25, 0.3) is 0 Å². The lowest BCUT2D eigenvalue weighted by atomic mass is 9.94. The number of ketones is 1. The molecule has 0 aliphatic carbocycles. The van der Waals surface area contributed by atoms with Gasteiger partial charge in [-0.1, -0.05) is 142 Å². The van der Waals surface area contributed by atoms with Crippen molar-refractivity contribution < 1.29 is 24.9 Å². The highest BCUT2D eigenvalue weighted by molar-refractivity contribution is 7.58. The van der Waals surface area contributed by atoms with Crippen LogP contribution in [0.3, 0.4) is 0 Å². The standard InChI is InChI=1S/C35H67O5P/c1-3-5-7-9-11-13-15-16-17-19-20-22-24-26-28-31(34(39)41-35(40)33(38)30-36)32(37)29-27-25-23-21-18-14-12-10-8-6-4-2/h16-17,31,33,35-36,38,40-41H,3-15,18-30H2,1-2H3. The minimum atomic E-state index is -1.34. The first-order valence-corrected chi connectivity index (χ1v) is 18.5. The van der Waals surface area contributed by atoms with Crippen molar-refractivity contribution in [3.05, 3.63) is 12.2 Å². The Morgan fingerprint density at radius 1 is 0.610 bits per heavy atom. The van der Waals surface area contributed by atoms with Crippen molar-refractivity contribution >= 4 is 19.9 Å². The Bertz CT molecular complexity index is 624. The van der Waals surface area contributed by atoms with Crippen LogP contribution in [-0.2, 0) is 9.59 Å². The van der Waals surface area contributed by atoms with Gasteiger partial charge in [-0.25, -0.2) is 0 Å². The molecular formula is C35H67O5P. The summed E-state index contributed by atoms with van der Waals surface area (Å²) in [6, 6.07) is 0. The molecule has 0 amide bonds. The first-order valence-electron chi connectivity index (χ1n) is 17.4. The van der Waals surface area contributed by atoms with Crippen LogP contribution in [0.15, 0.2) is 12.2 Å². The summed E-state index contributed by atoms with van der Waals surface area (Å²) in [5.41, 5.74) is -0.268. The first-order chi connectivity index (χ1) is 20.0. The van der Waals surface area contributed by atoms with Gasteiger partial charge in [0.05, 0.1) is 12.5 Å². The summed E-state index contributed by atoms with van der Waals surface area (Å²) in [5, 5.41) is 28.8. The summed E-state index contributed by atoms with van der Waals surface area (Å²) < 4.78 is 0. The highest BCUT2D eigenvalue weighted by Gasteiger charge is 2.29. The Hall–Kier alpha value is -0.610. The molecule has 41 heavy (non-hydrogen) atoms. The molecule has 0 saturated carbocycles. The lowest BCUT2D eigenvalue weighted by molar-refractivity contribution is -0.129. The van der Waals surface area contributed by atoms with Gasteiger partial charge in [0.2, 0.25) is 0 Å². The molecule has 4 atom stereocenters. The van der Waals surface area contributed by atoms with Crippen molar-refractivity contribution in [3.8, 4) is 0 Å². The molecule has 0 aliphatic heterocycles. The maximum Gasteiger partial charge on any atom is 0.164 e. The van der Waals surface area contributed by atoms with Gasteiger partial charge in [-0.3, -0.25) is 9.59 Å². The summed E-state index contributed by atoms with van der Waals surface area (Å²) in [6.07, 6.45) is 31.9. The van der Waals surface area contributed by atoms with Gasteiger partial charge < -0.3 is 15.3 Å². The third kappa shape index (κ3) is 25.6. The van der Waals surface area contributed by atoms with E-state index in [1.165, 1.54) is 96.3 Å². The van der Waals surface area contributed by atoms with Crippen molar-refractivity contribution in [2.24, 2.45) is 5.92 Å². The molecule has 0 aromatic carbocycles. The minimum Gasteiger partial charge on any atom is -0.394 e. The summed E-state index contributed by atoms with van der Waals surface area (Å²) in [5.74, 6) is -2.00. The average molecular weight is 599 g/mol. The van der Waals surface area contributed by atoms with E-state index in [0.717, 1.165) is 51.4 Å². The predicted molar refractivity (Wildman–Crippen MR) is 177 cm³/mol. The summed E-state index contributed by atoms with van der Waals surface area (Å²) in [4.78, 5) is 25.9. The second-order valence-corrected chi connectivity index (χ2v) is 13.4. The molecule has 0 rings (SSSR count). The zero-order chi connectivity index (χ0) is 30.4.